The van der Waals surface area contributed by atoms with E-state index in [4.69, 9.17) is 9.47 Å². The zero-order valence-electron chi connectivity index (χ0n) is 17.2. The summed E-state index contributed by atoms with van der Waals surface area (Å²) in [5, 5.41) is 3.05. The molecule has 7 nitrogen and oxygen atoms in total. The number of methoxy groups -OCH3 is 1. The fourth-order valence-corrected chi connectivity index (χ4v) is 3.96. The van der Waals surface area contributed by atoms with Gasteiger partial charge >= 0.3 is 0 Å². The van der Waals surface area contributed by atoms with Crippen molar-refractivity contribution in [2.24, 2.45) is 0 Å². The molecule has 2 aromatic rings. The van der Waals surface area contributed by atoms with Crippen LogP contribution in [0.4, 0.5) is 5.69 Å². The normalized spacial score (nSPS) is 17.6. The van der Waals surface area contributed by atoms with Gasteiger partial charge in [0, 0.05) is 19.0 Å². The van der Waals surface area contributed by atoms with Crippen molar-refractivity contribution < 1.29 is 22.7 Å². The second-order valence-corrected chi connectivity index (χ2v) is 9.76. The van der Waals surface area contributed by atoms with Crippen molar-refractivity contribution >= 4 is 21.6 Å². The largest absolute Gasteiger partial charge is 0.497 e. The predicted octanol–water partition coefficient (Wildman–Crippen LogP) is 3.12. The highest BCUT2D eigenvalue weighted by Crippen LogP contribution is 2.41. The molecule has 0 bridgehead atoms. The molecule has 1 heterocycles. The van der Waals surface area contributed by atoms with Gasteiger partial charge in [-0.25, -0.2) is 8.42 Å². The minimum atomic E-state index is -3.50. The molecule has 29 heavy (non-hydrogen) atoms. The number of fused-ring (bicyclic) bond motifs is 1. The van der Waals surface area contributed by atoms with Crippen LogP contribution >= 0.6 is 0 Å². The van der Waals surface area contributed by atoms with Gasteiger partial charge in [-0.1, -0.05) is 12.1 Å². The van der Waals surface area contributed by atoms with Crippen LogP contribution in [0.5, 0.6) is 11.5 Å². The van der Waals surface area contributed by atoms with Crippen molar-refractivity contribution in [2.75, 3.05) is 24.7 Å². The number of hydrogen-bond acceptors (Lipinski definition) is 5. The van der Waals surface area contributed by atoms with E-state index in [2.05, 4.69) is 5.32 Å². The van der Waals surface area contributed by atoms with Crippen molar-refractivity contribution in [1.29, 1.82) is 0 Å². The third kappa shape index (κ3) is 4.48. The van der Waals surface area contributed by atoms with Crippen LogP contribution in [0.1, 0.15) is 42.2 Å². The van der Waals surface area contributed by atoms with E-state index in [9.17, 15) is 13.2 Å². The summed E-state index contributed by atoms with van der Waals surface area (Å²) in [7, 11) is -0.491. The zero-order chi connectivity index (χ0) is 21.4. The van der Waals surface area contributed by atoms with Crippen LogP contribution in [-0.4, -0.2) is 40.3 Å². The fourth-order valence-electron chi connectivity index (χ4n) is 3.44. The number of rotatable bonds is 5. The van der Waals surface area contributed by atoms with Crippen LogP contribution in [0.15, 0.2) is 42.5 Å². The lowest BCUT2D eigenvalue weighted by Crippen LogP contribution is -2.41. The summed E-state index contributed by atoms with van der Waals surface area (Å²) in [5.41, 5.74) is 0.965. The molecule has 0 saturated carbocycles. The summed E-state index contributed by atoms with van der Waals surface area (Å²) in [4.78, 5) is 13.1. The van der Waals surface area contributed by atoms with Crippen molar-refractivity contribution in [3.8, 4) is 11.5 Å². The monoisotopic (exact) mass is 418 g/mol. The number of anilines is 1. The first-order valence-electron chi connectivity index (χ1n) is 9.22. The minimum Gasteiger partial charge on any atom is -0.497 e. The maximum absolute atomic E-state index is 13.1. The number of carbonyl (C=O) groups excluding carboxylic acids is 1. The molecule has 0 spiro atoms. The Balaban J connectivity index is 1.96. The van der Waals surface area contributed by atoms with Crippen LogP contribution in [0.3, 0.4) is 0 Å². The van der Waals surface area contributed by atoms with Crippen LogP contribution in [0, 0.1) is 0 Å². The first-order chi connectivity index (χ1) is 13.5. The standard InChI is InChI=1S/C21H26N2O5S/c1-21(2)13-17(16-12-14(27-4)10-11-19(16)28-21)22-20(24)15-8-6-7-9-18(15)23(3)29(5,25)26/h6-12,17H,13H2,1-5H3,(H,22,24)/t17-/m1/s1. The molecule has 1 amide bonds. The quantitative estimate of drug-likeness (QED) is 0.806. The Morgan fingerprint density at radius 1 is 1.24 bits per heavy atom. The number of para-hydroxylation sites is 1. The molecule has 0 fully saturated rings. The van der Waals surface area contributed by atoms with Crippen LogP contribution in [0.2, 0.25) is 0 Å². The van der Waals surface area contributed by atoms with E-state index in [1.165, 1.54) is 7.05 Å². The highest BCUT2D eigenvalue weighted by Gasteiger charge is 2.35. The molecular weight excluding hydrogens is 392 g/mol. The number of sulfonamides is 1. The molecule has 0 aliphatic carbocycles. The fraction of sp³-hybridized carbons (Fsp3) is 0.381. The molecule has 156 valence electrons. The van der Waals surface area contributed by atoms with Gasteiger partial charge in [0.1, 0.15) is 17.1 Å². The Labute approximate surface area is 171 Å². The third-order valence-corrected chi connectivity index (χ3v) is 6.16. The number of benzene rings is 2. The summed E-state index contributed by atoms with van der Waals surface area (Å²) in [6.45, 7) is 3.93. The SMILES string of the molecule is COc1ccc2c(c1)[C@H](NC(=O)c1ccccc1N(C)S(C)(=O)=O)CC(C)(C)O2. The number of amides is 1. The smallest absolute Gasteiger partial charge is 0.253 e. The average molecular weight is 419 g/mol. The van der Waals surface area contributed by atoms with Crippen molar-refractivity contribution in [3.63, 3.8) is 0 Å². The maximum atomic E-state index is 13.1. The molecule has 1 N–H and O–H groups in total. The van der Waals surface area contributed by atoms with Gasteiger partial charge < -0.3 is 14.8 Å². The molecule has 1 atom stereocenters. The second kappa shape index (κ2) is 7.59. The van der Waals surface area contributed by atoms with E-state index in [1.54, 1.807) is 31.4 Å². The summed E-state index contributed by atoms with van der Waals surface area (Å²) in [6.07, 6.45) is 1.66. The first-order valence-corrected chi connectivity index (χ1v) is 11.1. The van der Waals surface area contributed by atoms with Gasteiger partial charge in [-0.2, -0.15) is 0 Å². The topological polar surface area (TPSA) is 84.9 Å². The van der Waals surface area contributed by atoms with Crippen LogP contribution in [-0.2, 0) is 10.0 Å². The summed E-state index contributed by atoms with van der Waals surface area (Å²) < 4.78 is 36.4. The van der Waals surface area contributed by atoms with E-state index < -0.39 is 15.6 Å². The first kappa shape index (κ1) is 21.0. The number of nitrogens with one attached hydrogen (secondary N) is 1. The summed E-state index contributed by atoms with van der Waals surface area (Å²) in [5.74, 6) is 1.00. The number of ether oxygens (including phenoxy) is 2. The Bertz CT molecular complexity index is 1030. The van der Waals surface area contributed by atoms with Gasteiger partial charge in [-0.05, 0) is 44.2 Å². The molecule has 2 aromatic carbocycles. The molecule has 3 rings (SSSR count). The van der Waals surface area contributed by atoms with E-state index in [0.29, 0.717) is 23.6 Å². The molecule has 0 unspecified atom stereocenters. The van der Waals surface area contributed by atoms with Gasteiger partial charge in [0.05, 0.1) is 30.7 Å². The molecule has 0 saturated heterocycles. The lowest BCUT2D eigenvalue weighted by Gasteiger charge is -2.38. The minimum absolute atomic E-state index is 0.286. The van der Waals surface area contributed by atoms with Crippen LogP contribution < -0.4 is 19.1 Å². The van der Waals surface area contributed by atoms with E-state index in [1.807, 2.05) is 32.0 Å². The Morgan fingerprint density at radius 2 is 1.93 bits per heavy atom. The average Bonchev–Trinajstić information content (AvgIpc) is 2.65. The van der Waals surface area contributed by atoms with Gasteiger partial charge in [0.15, 0.2) is 0 Å². The van der Waals surface area contributed by atoms with Gasteiger partial charge in [0.25, 0.3) is 5.91 Å². The van der Waals surface area contributed by atoms with Crippen molar-refractivity contribution in [3.05, 3.63) is 53.6 Å². The molecule has 8 heteroatoms. The summed E-state index contributed by atoms with van der Waals surface area (Å²) >= 11 is 0. The third-order valence-electron chi connectivity index (χ3n) is 4.97. The predicted molar refractivity (Wildman–Crippen MR) is 112 cm³/mol. The highest BCUT2D eigenvalue weighted by molar-refractivity contribution is 7.92. The second-order valence-electron chi connectivity index (χ2n) is 7.74. The van der Waals surface area contributed by atoms with Crippen molar-refractivity contribution in [2.45, 2.75) is 31.9 Å². The van der Waals surface area contributed by atoms with Gasteiger partial charge in [0.2, 0.25) is 10.0 Å². The highest BCUT2D eigenvalue weighted by atomic mass is 32.2. The van der Waals surface area contributed by atoms with E-state index in [0.717, 1.165) is 16.1 Å². The maximum Gasteiger partial charge on any atom is 0.253 e. The lowest BCUT2D eigenvalue weighted by molar-refractivity contribution is 0.0618. The molecule has 1 aliphatic rings. The van der Waals surface area contributed by atoms with Gasteiger partial charge in [-0.15, -0.1) is 0 Å². The molecule has 0 radical (unpaired) electrons. The van der Waals surface area contributed by atoms with Crippen LogP contribution in [0.25, 0.3) is 0 Å². The number of carbonyl (C=O) groups is 1. The number of hydrogen-bond donors (Lipinski definition) is 1. The molecule has 1 aliphatic heterocycles. The number of nitrogens with zero attached hydrogens (tertiary/aromatic N) is 1. The Hall–Kier alpha value is -2.74. The zero-order valence-corrected chi connectivity index (χ0v) is 18.0. The van der Waals surface area contributed by atoms with Crippen molar-refractivity contribution in [1.82, 2.24) is 5.32 Å². The molecular formula is C21H26N2O5S. The van der Waals surface area contributed by atoms with E-state index in [-0.39, 0.29) is 17.5 Å². The Morgan fingerprint density at radius 3 is 2.59 bits per heavy atom. The Kier molecular flexibility index (Phi) is 5.49. The lowest BCUT2D eigenvalue weighted by atomic mass is 9.89. The van der Waals surface area contributed by atoms with E-state index >= 15 is 0 Å². The summed E-state index contributed by atoms with van der Waals surface area (Å²) in [6, 6.07) is 11.8. The van der Waals surface area contributed by atoms with Gasteiger partial charge in [-0.3, -0.25) is 9.10 Å². The molecule has 0 aromatic heterocycles.